The van der Waals surface area contributed by atoms with E-state index in [4.69, 9.17) is 9.05 Å². The molecule has 0 bridgehead atoms. The Hall–Kier alpha value is -3.13. The SMILES string of the molecule is CC(C)(C)c1ccc(-c2c(C(C)(C)C)ccc(OP(O)Oc3ccc(C(C)(C)C)c(-c4ccc(C(C)(C)C)cc4)c3C(C)(C)C)c2C(C)(C)C)cc1. The molecule has 0 saturated heterocycles. The monoisotopic (exact) mass is 722 g/mol. The molecule has 0 aliphatic heterocycles. The number of rotatable bonds is 6. The Labute approximate surface area is 318 Å². The van der Waals surface area contributed by atoms with E-state index >= 15 is 0 Å². The van der Waals surface area contributed by atoms with Crippen molar-refractivity contribution in [3.63, 3.8) is 0 Å². The lowest BCUT2D eigenvalue weighted by molar-refractivity contribution is 0.371. The molecule has 0 aliphatic rings. The van der Waals surface area contributed by atoms with Gasteiger partial charge >= 0.3 is 8.60 Å². The average molecular weight is 723 g/mol. The maximum atomic E-state index is 11.8. The lowest BCUT2D eigenvalue weighted by Crippen LogP contribution is -2.21. The summed E-state index contributed by atoms with van der Waals surface area (Å²) in [5.41, 5.74) is 11.1. The predicted octanol–water partition coefficient (Wildman–Crippen LogP) is 14.5. The van der Waals surface area contributed by atoms with Crippen molar-refractivity contribution in [3.05, 3.63) is 106 Å². The summed E-state index contributed by atoms with van der Waals surface area (Å²) in [5, 5.41) is 0. The first-order valence-corrected chi connectivity index (χ1v) is 20.1. The Balaban J connectivity index is 1.88. The summed E-state index contributed by atoms with van der Waals surface area (Å²) in [6, 6.07) is 26.3. The molecule has 0 radical (unpaired) electrons. The molecule has 282 valence electrons. The molecule has 0 unspecified atom stereocenters. The smallest absolute Gasteiger partial charge is 0.418 e. The summed E-state index contributed by atoms with van der Waals surface area (Å²) in [5.74, 6) is 1.29. The molecule has 52 heavy (non-hydrogen) atoms. The van der Waals surface area contributed by atoms with Crippen LogP contribution in [-0.4, -0.2) is 4.89 Å². The van der Waals surface area contributed by atoms with Crippen LogP contribution in [0.1, 0.15) is 158 Å². The Morgan fingerprint density at radius 1 is 0.365 bits per heavy atom. The van der Waals surface area contributed by atoms with Gasteiger partial charge in [-0.05, 0) is 89.1 Å². The fraction of sp³-hybridized carbons (Fsp3) is 0.500. The van der Waals surface area contributed by atoms with Gasteiger partial charge in [0.1, 0.15) is 11.5 Å². The first-order valence-electron chi connectivity index (χ1n) is 18.9. The fourth-order valence-electron chi connectivity index (χ4n) is 7.12. The minimum Gasteiger partial charge on any atom is -0.418 e. The highest BCUT2D eigenvalue weighted by atomic mass is 31.2. The lowest BCUT2D eigenvalue weighted by atomic mass is 9.73. The molecule has 0 fully saturated rings. The predicted molar refractivity (Wildman–Crippen MR) is 226 cm³/mol. The maximum Gasteiger partial charge on any atom is 0.460 e. The van der Waals surface area contributed by atoms with E-state index in [0.717, 1.165) is 33.4 Å². The molecule has 4 rings (SSSR count). The fourth-order valence-corrected chi connectivity index (χ4v) is 7.80. The van der Waals surface area contributed by atoms with Crippen molar-refractivity contribution < 1.29 is 13.9 Å². The van der Waals surface area contributed by atoms with Crippen LogP contribution in [0.3, 0.4) is 0 Å². The molecule has 0 amide bonds. The van der Waals surface area contributed by atoms with E-state index in [1.54, 1.807) is 0 Å². The van der Waals surface area contributed by atoms with Gasteiger partial charge in [0, 0.05) is 11.1 Å². The molecule has 0 aliphatic carbocycles. The summed E-state index contributed by atoms with van der Waals surface area (Å²) < 4.78 is 13.1. The van der Waals surface area contributed by atoms with E-state index in [1.165, 1.54) is 22.3 Å². The number of hydrogen-bond acceptors (Lipinski definition) is 3. The first-order chi connectivity index (χ1) is 23.5. The Morgan fingerprint density at radius 3 is 0.885 bits per heavy atom. The van der Waals surface area contributed by atoms with Crippen LogP contribution in [-0.2, 0) is 32.5 Å². The molecule has 0 atom stereocenters. The van der Waals surface area contributed by atoms with E-state index in [1.807, 2.05) is 12.1 Å². The number of benzene rings is 4. The molecule has 4 heteroatoms. The largest absolute Gasteiger partial charge is 0.460 e. The maximum absolute atomic E-state index is 11.8. The number of hydrogen-bond donors (Lipinski definition) is 1. The second-order valence-corrected chi connectivity index (χ2v) is 21.6. The van der Waals surface area contributed by atoms with Crippen LogP contribution in [0.15, 0.2) is 72.8 Å². The zero-order chi connectivity index (χ0) is 39.4. The molecule has 0 saturated carbocycles. The van der Waals surface area contributed by atoms with Crippen LogP contribution in [0, 0.1) is 0 Å². The van der Waals surface area contributed by atoms with Gasteiger partial charge in [-0.1, -0.05) is 185 Å². The van der Waals surface area contributed by atoms with Crippen LogP contribution >= 0.6 is 8.60 Å². The third-order valence-corrected chi connectivity index (χ3v) is 10.6. The van der Waals surface area contributed by atoms with Crippen LogP contribution in [0.5, 0.6) is 11.5 Å². The summed E-state index contributed by atoms with van der Waals surface area (Å²) in [4.78, 5) is 11.8. The standard InChI is InChI=1S/C48H67O3P/c1-43(2,3)33-23-19-31(20-24-33)39-35(45(7,8)9)27-29-37(41(39)47(13,14)15)50-52(49)51-38-30-28-36(46(10,11)12)40(42(38)48(16,17)18)32-21-25-34(26-22-32)44(4,5)6/h19-30,49H,1-18H3. The Bertz CT molecular complexity index is 1720. The van der Waals surface area contributed by atoms with Gasteiger partial charge in [0.2, 0.25) is 0 Å². The topological polar surface area (TPSA) is 38.7 Å². The minimum absolute atomic E-state index is 0.0556. The van der Waals surface area contributed by atoms with Gasteiger partial charge < -0.3 is 13.9 Å². The van der Waals surface area contributed by atoms with Crippen molar-refractivity contribution in [2.45, 2.75) is 157 Å². The Morgan fingerprint density at radius 2 is 0.654 bits per heavy atom. The van der Waals surface area contributed by atoms with E-state index in [9.17, 15) is 4.89 Å². The van der Waals surface area contributed by atoms with Gasteiger partial charge in [-0.2, -0.15) is 0 Å². The lowest BCUT2D eigenvalue weighted by Gasteiger charge is -2.33. The highest BCUT2D eigenvalue weighted by molar-refractivity contribution is 7.41. The van der Waals surface area contributed by atoms with Crippen molar-refractivity contribution in [3.8, 4) is 33.8 Å². The highest BCUT2D eigenvalue weighted by Crippen LogP contribution is 2.51. The van der Waals surface area contributed by atoms with E-state index in [-0.39, 0.29) is 32.5 Å². The first kappa shape index (κ1) is 41.6. The molecule has 0 heterocycles. The normalized spacial score (nSPS) is 13.5. The van der Waals surface area contributed by atoms with E-state index < -0.39 is 8.60 Å². The van der Waals surface area contributed by atoms with Crippen LogP contribution < -0.4 is 9.05 Å². The van der Waals surface area contributed by atoms with Crippen molar-refractivity contribution in [2.75, 3.05) is 0 Å². The molecular formula is C48H67O3P. The molecule has 4 aromatic carbocycles. The third-order valence-electron chi connectivity index (χ3n) is 9.88. The van der Waals surface area contributed by atoms with Gasteiger partial charge in [0.15, 0.2) is 0 Å². The molecule has 1 N–H and O–H groups in total. The van der Waals surface area contributed by atoms with Crippen molar-refractivity contribution in [1.29, 1.82) is 0 Å². The van der Waals surface area contributed by atoms with E-state index in [0.29, 0.717) is 11.5 Å². The molecule has 0 aromatic heterocycles. The molecular weight excluding hydrogens is 655 g/mol. The zero-order valence-electron chi connectivity index (χ0n) is 35.6. The van der Waals surface area contributed by atoms with Gasteiger partial charge in [-0.15, -0.1) is 0 Å². The third kappa shape index (κ3) is 9.32. The average Bonchev–Trinajstić information content (AvgIpc) is 2.97. The van der Waals surface area contributed by atoms with Gasteiger partial charge in [-0.25, -0.2) is 0 Å². The van der Waals surface area contributed by atoms with Gasteiger partial charge in [0.05, 0.1) is 0 Å². The van der Waals surface area contributed by atoms with Gasteiger partial charge in [0.25, 0.3) is 0 Å². The van der Waals surface area contributed by atoms with Crippen LogP contribution in [0.25, 0.3) is 22.3 Å². The Kier molecular flexibility index (Phi) is 11.4. The van der Waals surface area contributed by atoms with Crippen LogP contribution in [0.2, 0.25) is 0 Å². The van der Waals surface area contributed by atoms with E-state index in [2.05, 4.69) is 185 Å². The summed E-state index contributed by atoms with van der Waals surface area (Å²) >= 11 is 0. The van der Waals surface area contributed by atoms with Crippen molar-refractivity contribution >= 4 is 8.60 Å². The summed E-state index contributed by atoms with van der Waals surface area (Å²) in [7, 11) is -2.34. The molecule has 4 aromatic rings. The zero-order valence-corrected chi connectivity index (χ0v) is 36.5. The van der Waals surface area contributed by atoms with Gasteiger partial charge in [-0.3, -0.25) is 0 Å². The minimum atomic E-state index is -2.34. The molecule has 3 nitrogen and oxygen atoms in total. The summed E-state index contributed by atoms with van der Waals surface area (Å²) in [6.45, 7) is 40.3. The highest BCUT2D eigenvalue weighted by Gasteiger charge is 2.34. The van der Waals surface area contributed by atoms with Crippen molar-refractivity contribution in [1.82, 2.24) is 0 Å². The summed E-state index contributed by atoms with van der Waals surface area (Å²) in [6.07, 6.45) is 0. The quantitative estimate of drug-likeness (QED) is 0.201. The van der Waals surface area contributed by atoms with Crippen LogP contribution in [0.4, 0.5) is 0 Å². The van der Waals surface area contributed by atoms with Crippen molar-refractivity contribution in [2.24, 2.45) is 0 Å². The second-order valence-electron chi connectivity index (χ2n) is 20.8. The second kappa shape index (κ2) is 14.3. The molecule has 0 spiro atoms.